The van der Waals surface area contributed by atoms with Crippen LogP contribution in [0.2, 0.25) is 5.02 Å². The van der Waals surface area contributed by atoms with Crippen LogP contribution in [-0.4, -0.2) is 66.7 Å². The Morgan fingerprint density at radius 3 is 2.80 bits per heavy atom. The maximum Gasteiger partial charge on any atom is 0.210 e. The Kier molecular flexibility index (Phi) is 4.64. The van der Waals surface area contributed by atoms with Gasteiger partial charge in [-0.25, -0.2) is 0 Å². The van der Waals surface area contributed by atoms with Crippen LogP contribution in [0.4, 0.5) is 0 Å². The first kappa shape index (κ1) is 15.6. The number of ether oxygens (including phenoxy) is 1. The minimum Gasteiger partial charge on any atom is -0.482 e. The van der Waals surface area contributed by atoms with E-state index in [9.17, 15) is 0 Å². The van der Waals surface area contributed by atoms with Gasteiger partial charge in [-0.1, -0.05) is 11.6 Å². The molecule has 0 radical (unpaired) electrons. The maximum atomic E-state index is 6.26. The number of thiocarbonyl (C=S) groups is 1. The molecule has 0 N–H and O–H groups in total. The van der Waals surface area contributed by atoms with E-state index in [0.717, 1.165) is 30.1 Å². The van der Waals surface area contributed by atoms with E-state index >= 15 is 0 Å². The Balaban J connectivity index is 2.34. The zero-order valence-electron chi connectivity index (χ0n) is 12.4. The number of hydrogen-bond acceptors (Lipinski definition) is 4. The number of nitrogens with zero attached hydrogens (tertiary/aromatic N) is 3. The number of aromatic nitrogens is 1. The van der Waals surface area contributed by atoms with E-state index in [-0.39, 0.29) is 6.10 Å². The van der Waals surface area contributed by atoms with Crippen molar-refractivity contribution in [2.75, 3.05) is 41.3 Å². The van der Waals surface area contributed by atoms with E-state index in [4.69, 9.17) is 28.6 Å². The molecule has 1 aromatic rings. The number of hydrogen-bond donors (Lipinski definition) is 0. The van der Waals surface area contributed by atoms with Crippen LogP contribution in [0.5, 0.6) is 5.75 Å². The molecule has 6 heteroatoms. The fourth-order valence-electron chi connectivity index (χ4n) is 2.38. The minimum atomic E-state index is 0.104. The predicted octanol–water partition coefficient (Wildman–Crippen LogP) is 2.20. The summed E-state index contributed by atoms with van der Waals surface area (Å²) in [5, 5.41) is 0.562. The number of pyridine rings is 1. The van der Waals surface area contributed by atoms with Gasteiger partial charge in [0, 0.05) is 19.2 Å². The fraction of sp³-hybridized carbons (Fsp3) is 0.571. The summed E-state index contributed by atoms with van der Waals surface area (Å²) in [6.45, 7) is 1.80. The van der Waals surface area contributed by atoms with Crippen LogP contribution in [0, 0.1) is 0 Å². The monoisotopic (exact) mass is 314 g/mol. The molecule has 0 amide bonds. The van der Waals surface area contributed by atoms with E-state index in [0.29, 0.717) is 15.3 Å². The Labute approximate surface area is 130 Å². The van der Waals surface area contributed by atoms with E-state index in [1.165, 1.54) is 0 Å². The summed E-state index contributed by atoms with van der Waals surface area (Å²) in [4.78, 5) is 7.08. The maximum absolute atomic E-state index is 6.26. The highest BCUT2D eigenvalue weighted by atomic mass is 35.5. The molecule has 1 atom stereocenters. The summed E-state index contributed by atoms with van der Waals surface area (Å²) < 4.78 is 6.72. The fourth-order valence-corrected chi connectivity index (χ4v) is 2.96. The second-order valence-electron chi connectivity index (χ2n) is 6.00. The average Bonchev–Trinajstić information content (AvgIpc) is 2.44. The third-order valence-electron chi connectivity index (χ3n) is 3.48. The summed E-state index contributed by atoms with van der Waals surface area (Å²) in [7, 11) is 8.32. The third kappa shape index (κ3) is 3.28. The van der Waals surface area contributed by atoms with E-state index < -0.39 is 0 Å². The lowest BCUT2D eigenvalue weighted by molar-refractivity contribution is -0.798. The number of quaternary nitrogens is 1. The quantitative estimate of drug-likeness (QED) is 0.631. The molecule has 2 heterocycles. The van der Waals surface area contributed by atoms with E-state index in [1.54, 1.807) is 12.4 Å². The smallest absolute Gasteiger partial charge is 0.210 e. The van der Waals surface area contributed by atoms with Crippen molar-refractivity contribution in [1.82, 2.24) is 9.88 Å². The van der Waals surface area contributed by atoms with Gasteiger partial charge >= 0.3 is 0 Å². The van der Waals surface area contributed by atoms with Gasteiger partial charge in [0.25, 0.3) is 0 Å². The van der Waals surface area contributed by atoms with Crippen molar-refractivity contribution < 1.29 is 9.22 Å². The zero-order chi connectivity index (χ0) is 14.9. The molecule has 1 unspecified atom stereocenters. The van der Waals surface area contributed by atoms with Crippen molar-refractivity contribution in [3.63, 3.8) is 0 Å². The second kappa shape index (κ2) is 5.93. The van der Waals surface area contributed by atoms with E-state index in [1.807, 2.05) is 0 Å². The van der Waals surface area contributed by atoms with Gasteiger partial charge in [0.15, 0.2) is 5.75 Å². The largest absolute Gasteiger partial charge is 0.482 e. The van der Waals surface area contributed by atoms with Crippen molar-refractivity contribution in [1.29, 1.82) is 0 Å². The molecule has 0 bridgehead atoms. The molecule has 0 saturated heterocycles. The summed E-state index contributed by atoms with van der Waals surface area (Å²) in [6, 6.07) is 0. The molecule has 1 aromatic heterocycles. The van der Waals surface area contributed by atoms with Gasteiger partial charge in [0.05, 0.1) is 25.3 Å². The van der Waals surface area contributed by atoms with Crippen LogP contribution in [0.3, 0.4) is 0 Å². The highest BCUT2D eigenvalue weighted by Crippen LogP contribution is 2.32. The van der Waals surface area contributed by atoms with Crippen molar-refractivity contribution in [2.24, 2.45) is 0 Å². The van der Waals surface area contributed by atoms with Gasteiger partial charge in [-0.2, -0.15) is 0 Å². The van der Waals surface area contributed by atoms with Crippen molar-refractivity contribution in [3.8, 4) is 5.75 Å². The van der Waals surface area contributed by atoms with Crippen LogP contribution in [0.25, 0.3) is 0 Å². The van der Waals surface area contributed by atoms with E-state index in [2.05, 4.69) is 38.1 Å². The molecule has 1 aliphatic heterocycles. The molecule has 4 nitrogen and oxygen atoms in total. The third-order valence-corrected chi connectivity index (χ3v) is 4.47. The Morgan fingerprint density at radius 2 is 2.15 bits per heavy atom. The standard InChI is InChI=1S/C14H21ClN3OS/c1-17(2)6-5-10-9-18(3,4)14(20)13-11(15)7-16-8-12(13)19-10/h7-8,10H,5-6,9H2,1-4H3/q+1. The minimum absolute atomic E-state index is 0.104. The number of rotatable bonds is 3. The van der Waals surface area contributed by atoms with Crippen molar-refractivity contribution in [2.45, 2.75) is 12.5 Å². The van der Waals surface area contributed by atoms with Gasteiger partial charge in [-0.15, -0.1) is 0 Å². The van der Waals surface area contributed by atoms with Crippen LogP contribution in [-0.2, 0) is 0 Å². The molecular formula is C14H21ClN3OS+. The molecule has 20 heavy (non-hydrogen) atoms. The van der Waals surface area contributed by atoms with Gasteiger partial charge in [0.1, 0.15) is 18.2 Å². The molecular weight excluding hydrogens is 294 g/mol. The molecule has 0 aliphatic carbocycles. The van der Waals surface area contributed by atoms with Crippen LogP contribution < -0.4 is 4.74 Å². The van der Waals surface area contributed by atoms with Crippen LogP contribution in [0.1, 0.15) is 12.0 Å². The van der Waals surface area contributed by atoms with Gasteiger partial charge < -0.3 is 9.64 Å². The zero-order valence-corrected chi connectivity index (χ0v) is 14.0. The number of likely N-dealkylation sites (N-methyl/N-ethyl adjacent to an activating group) is 1. The summed E-state index contributed by atoms with van der Waals surface area (Å²) in [6.07, 6.45) is 4.38. The average molecular weight is 315 g/mol. The van der Waals surface area contributed by atoms with Crippen molar-refractivity contribution in [3.05, 3.63) is 23.0 Å². The van der Waals surface area contributed by atoms with Crippen molar-refractivity contribution >= 4 is 28.8 Å². The molecule has 0 aromatic carbocycles. The SMILES string of the molecule is CN(C)CCC1C[N+](C)(C)C(=S)c2c(Cl)cncc2O1. The summed E-state index contributed by atoms with van der Waals surface area (Å²) in [5.74, 6) is 0.704. The Morgan fingerprint density at radius 1 is 1.45 bits per heavy atom. The molecule has 2 rings (SSSR count). The lowest BCUT2D eigenvalue weighted by Crippen LogP contribution is -2.49. The molecule has 1 aliphatic rings. The molecule has 0 saturated carbocycles. The highest BCUT2D eigenvalue weighted by Gasteiger charge is 2.36. The predicted molar refractivity (Wildman–Crippen MR) is 85.5 cm³/mol. The molecule has 0 fully saturated rings. The summed E-state index contributed by atoms with van der Waals surface area (Å²) >= 11 is 11.9. The van der Waals surface area contributed by atoms with Crippen LogP contribution in [0.15, 0.2) is 12.4 Å². The summed E-state index contributed by atoms with van der Waals surface area (Å²) in [5.41, 5.74) is 0.814. The Bertz CT molecular complexity index is 519. The molecule has 110 valence electrons. The number of halogens is 1. The normalized spacial score (nSPS) is 21.3. The first-order chi connectivity index (χ1) is 9.31. The van der Waals surface area contributed by atoms with Gasteiger partial charge in [-0.3, -0.25) is 9.47 Å². The highest BCUT2D eigenvalue weighted by molar-refractivity contribution is 7.80. The Hall–Kier alpha value is -0.750. The van der Waals surface area contributed by atoms with Gasteiger partial charge in [-0.05, 0) is 26.3 Å². The lowest BCUT2D eigenvalue weighted by Gasteiger charge is -2.30. The van der Waals surface area contributed by atoms with Gasteiger partial charge in [0.2, 0.25) is 4.99 Å². The first-order valence-corrected chi connectivity index (χ1v) is 7.42. The topological polar surface area (TPSA) is 25.4 Å². The second-order valence-corrected chi connectivity index (χ2v) is 6.79. The lowest BCUT2D eigenvalue weighted by atomic mass is 10.2. The molecule has 0 spiro atoms. The first-order valence-electron chi connectivity index (χ1n) is 6.64. The number of fused-ring (bicyclic) bond motifs is 1. The van der Waals surface area contributed by atoms with Crippen LogP contribution >= 0.6 is 23.8 Å².